The van der Waals surface area contributed by atoms with Gasteiger partial charge in [-0.25, -0.2) is 9.37 Å². The Morgan fingerprint density at radius 1 is 1.36 bits per heavy atom. The number of likely N-dealkylation sites (N-methyl/N-ethyl adjacent to an activating group) is 1. The van der Waals surface area contributed by atoms with Crippen molar-refractivity contribution in [1.29, 1.82) is 0 Å². The van der Waals surface area contributed by atoms with Gasteiger partial charge in [-0.05, 0) is 45.0 Å². The lowest BCUT2D eigenvalue weighted by Crippen LogP contribution is -2.42. The maximum atomic E-state index is 13.8. The van der Waals surface area contributed by atoms with Gasteiger partial charge in [0.1, 0.15) is 17.6 Å². The van der Waals surface area contributed by atoms with Crippen molar-refractivity contribution in [3.63, 3.8) is 0 Å². The molecule has 5 nitrogen and oxygen atoms in total. The molecule has 0 saturated carbocycles. The molecule has 1 aliphatic rings. The van der Waals surface area contributed by atoms with Crippen molar-refractivity contribution in [2.45, 2.75) is 31.7 Å². The molecule has 25 heavy (non-hydrogen) atoms. The van der Waals surface area contributed by atoms with Crippen molar-refractivity contribution in [2.24, 2.45) is 0 Å². The summed E-state index contributed by atoms with van der Waals surface area (Å²) in [5.41, 5.74) is 0.578. The number of piperidine rings is 1. The van der Waals surface area contributed by atoms with E-state index in [0.29, 0.717) is 30.2 Å². The van der Waals surface area contributed by atoms with Gasteiger partial charge in [-0.3, -0.25) is 4.79 Å². The second kappa shape index (κ2) is 7.78. The minimum Gasteiger partial charge on any atom is -0.443 e. The first-order chi connectivity index (χ1) is 12.0. The number of nitrogens with zero attached hydrogens (tertiary/aromatic N) is 3. The zero-order chi connectivity index (χ0) is 17.8. The first-order valence-electron chi connectivity index (χ1n) is 8.67. The average Bonchev–Trinajstić information content (AvgIpc) is 3.05. The molecule has 0 N–H and O–H groups in total. The highest BCUT2D eigenvalue weighted by Crippen LogP contribution is 2.31. The van der Waals surface area contributed by atoms with Crippen molar-refractivity contribution in [2.75, 3.05) is 27.2 Å². The van der Waals surface area contributed by atoms with Gasteiger partial charge in [0, 0.05) is 13.0 Å². The molecule has 1 aliphatic heterocycles. The van der Waals surface area contributed by atoms with Gasteiger partial charge in [0.05, 0.1) is 12.7 Å². The fraction of sp³-hybridized carbons (Fsp3) is 0.474. The van der Waals surface area contributed by atoms with Crippen LogP contribution in [0.4, 0.5) is 4.39 Å². The summed E-state index contributed by atoms with van der Waals surface area (Å²) in [5.74, 6) is 1.01. The number of hydrogen-bond donors (Lipinski definition) is 0. The number of amides is 1. The summed E-state index contributed by atoms with van der Waals surface area (Å²) < 4.78 is 19.7. The van der Waals surface area contributed by atoms with Gasteiger partial charge in [-0.2, -0.15) is 0 Å². The monoisotopic (exact) mass is 345 g/mol. The number of carbonyl (C=O) groups excluding carboxylic acids is 1. The lowest BCUT2D eigenvalue weighted by Gasteiger charge is -2.34. The summed E-state index contributed by atoms with van der Waals surface area (Å²) in [5, 5.41) is 0. The predicted molar refractivity (Wildman–Crippen MR) is 92.6 cm³/mol. The Bertz CT molecular complexity index is 729. The van der Waals surface area contributed by atoms with Crippen molar-refractivity contribution in [3.8, 4) is 0 Å². The van der Waals surface area contributed by atoms with E-state index in [1.807, 2.05) is 23.9 Å². The van der Waals surface area contributed by atoms with E-state index in [0.717, 1.165) is 25.8 Å². The van der Waals surface area contributed by atoms with Crippen LogP contribution in [-0.2, 0) is 11.2 Å². The molecule has 1 amide bonds. The number of benzene rings is 1. The van der Waals surface area contributed by atoms with Gasteiger partial charge in [-0.1, -0.05) is 18.2 Å². The Morgan fingerprint density at radius 3 is 2.92 bits per heavy atom. The van der Waals surface area contributed by atoms with Crippen LogP contribution in [0.15, 0.2) is 34.9 Å². The molecule has 6 heteroatoms. The SMILES string of the molecule is CN(C)CC(=O)N1CCCCC1c1ncc(Cc2ccccc2F)o1. The lowest BCUT2D eigenvalue weighted by molar-refractivity contribution is -0.136. The van der Waals surface area contributed by atoms with Crippen LogP contribution in [0.2, 0.25) is 0 Å². The van der Waals surface area contributed by atoms with Crippen molar-refractivity contribution in [3.05, 3.63) is 53.5 Å². The molecular weight excluding hydrogens is 321 g/mol. The minimum atomic E-state index is -0.249. The highest BCUT2D eigenvalue weighted by atomic mass is 19.1. The number of aromatic nitrogens is 1. The first-order valence-corrected chi connectivity index (χ1v) is 8.67. The molecule has 0 bridgehead atoms. The standard InChI is InChI=1S/C19H24FN3O2/c1-22(2)13-18(24)23-10-6-5-9-17(23)19-21-12-15(25-19)11-14-7-3-4-8-16(14)20/h3-4,7-8,12,17H,5-6,9-11,13H2,1-2H3. The molecular formula is C19H24FN3O2. The van der Waals surface area contributed by atoms with Gasteiger partial charge < -0.3 is 14.2 Å². The van der Waals surface area contributed by atoms with Crippen LogP contribution in [-0.4, -0.2) is 47.9 Å². The van der Waals surface area contributed by atoms with Crippen LogP contribution in [0.3, 0.4) is 0 Å². The Kier molecular flexibility index (Phi) is 5.48. The molecule has 2 aromatic rings. The zero-order valence-electron chi connectivity index (χ0n) is 14.7. The molecule has 0 radical (unpaired) electrons. The molecule has 3 rings (SSSR count). The average molecular weight is 345 g/mol. The van der Waals surface area contributed by atoms with Crippen molar-refractivity contribution < 1.29 is 13.6 Å². The topological polar surface area (TPSA) is 49.6 Å². The molecule has 1 aromatic carbocycles. The molecule has 1 fully saturated rings. The van der Waals surface area contributed by atoms with Crippen LogP contribution in [0.1, 0.15) is 42.5 Å². The van der Waals surface area contributed by atoms with Crippen LogP contribution >= 0.6 is 0 Å². The molecule has 0 spiro atoms. The lowest BCUT2D eigenvalue weighted by atomic mass is 10.0. The van der Waals surface area contributed by atoms with Crippen molar-refractivity contribution >= 4 is 5.91 Å². The zero-order valence-corrected chi connectivity index (χ0v) is 14.7. The third-order valence-electron chi connectivity index (χ3n) is 4.45. The Morgan fingerprint density at radius 2 is 2.16 bits per heavy atom. The van der Waals surface area contributed by atoms with E-state index in [4.69, 9.17) is 4.42 Å². The maximum Gasteiger partial charge on any atom is 0.237 e. The van der Waals surface area contributed by atoms with Gasteiger partial charge in [0.25, 0.3) is 0 Å². The summed E-state index contributed by atoms with van der Waals surface area (Å²) in [6, 6.07) is 6.52. The Balaban J connectivity index is 1.75. The molecule has 1 unspecified atom stereocenters. The van der Waals surface area contributed by atoms with E-state index in [1.54, 1.807) is 24.4 Å². The molecule has 2 heterocycles. The molecule has 1 aromatic heterocycles. The van der Waals surface area contributed by atoms with E-state index in [2.05, 4.69) is 4.98 Å². The fourth-order valence-corrected chi connectivity index (χ4v) is 3.24. The van der Waals surface area contributed by atoms with Crippen LogP contribution in [0, 0.1) is 5.82 Å². The van der Waals surface area contributed by atoms with Crippen LogP contribution in [0.25, 0.3) is 0 Å². The second-order valence-corrected chi connectivity index (χ2v) is 6.77. The predicted octanol–water partition coefficient (Wildman–Crippen LogP) is 3.02. The number of oxazole rings is 1. The first kappa shape index (κ1) is 17.6. The van der Waals surface area contributed by atoms with Gasteiger partial charge in [-0.15, -0.1) is 0 Å². The van der Waals surface area contributed by atoms with E-state index in [1.165, 1.54) is 6.07 Å². The van der Waals surface area contributed by atoms with Crippen LogP contribution < -0.4 is 0 Å². The smallest absolute Gasteiger partial charge is 0.237 e. The summed E-state index contributed by atoms with van der Waals surface area (Å²) in [6.07, 6.45) is 4.89. The third-order valence-corrected chi connectivity index (χ3v) is 4.45. The fourth-order valence-electron chi connectivity index (χ4n) is 3.24. The highest BCUT2D eigenvalue weighted by molar-refractivity contribution is 5.78. The van der Waals surface area contributed by atoms with E-state index >= 15 is 0 Å². The largest absolute Gasteiger partial charge is 0.443 e. The number of hydrogen-bond acceptors (Lipinski definition) is 4. The highest BCUT2D eigenvalue weighted by Gasteiger charge is 2.31. The van der Waals surface area contributed by atoms with Crippen LogP contribution in [0.5, 0.6) is 0 Å². The van der Waals surface area contributed by atoms with Gasteiger partial charge >= 0.3 is 0 Å². The molecule has 1 saturated heterocycles. The molecule has 0 aliphatic carbocycles. The molecule has 1 atom stereocenters. The van der Waals surface area contributed by atoms with Gasteiger partial charge in [0.2, 0.25) is 11.8 Å². The second-order valence-electron chi connectivity index (χ2n) is 6.77. The number of carbonyl (C=O) groups is 1. The van der Waals surface area contributed by atoms with Gasteiger partial charge in [0.15, 0.2) is 0 Å². The van der Waals surface area contributed by atoms with E-state index in [9.17, 15) is 9.18 Å². The molecule has 134 valence electrons. The summed E-state index contributed by atoms with van der Waals surface area (Å²) >= 11 is 0. The summed E-state index contributed by atoms with van der Waals surface area (Å²) in [7, 11) is 3.77. The number of rotatable bonds is 5. The normalized spacial score (nSPS) is 17.9. The van der Waals surface area contributed by atoms with E-state index < -0.39 is 0 Å². The minimum absolute atomic E-state index is 0.0866. The third kappa shape index (κ3) is 4.25. The Hall–Kier alpha value is -2.21. The number of likely N-dealkylation sites (tertiary alicyclic amines) is 1. The summed E-state index contributed by atoms with van der Waals surface area (Å²) in [6.45, 7) is 1.10. The quantitative estimate of drug-likeness (QED) is 0.836. The van der Waals surface area contributed by atoms with Crippen molar-refractivity contribution in [1.82, 2.24) is 14.8 Å². The summed E-state index contributed by atoms with van der Waals surface area (Å²) in [4.78, 5) is 20.6. The Labute approximate surface area is 147 Å². The van der Waals surface area contributed by atoms with E-state index in [-0.39, 0.29) is 17.8 Å². The maximum absolute atomic E-state index is 13.8. The number of halogens is 1.